The van der Waals surface area contributed by atoms with Gasteiger partial charge < -0.3 is 9.97 Å². The van der Waals surface area contributed by atoms with Gasteiger partial charge in [-0.15, -0.1) is 11.0 Å². The van der Waals surface area contributed by atoms with Crippen LogP contribution in [0.15, 0.2) is 24.3 Å². The SMILES string of the molecule is CC1=C(C)c2cc3[nH]c(cc4nc(cc5[n-]c(cc1n2)c(C)c5C)C(C)=C4C)c(C)c3C.[Cu+]. The molecule has 3 aromatic heterocycles. The van der Waals surface area contributed by atoms with Crippen LogP contribution in [0.1, 0.15) is 72.7 Å². The van der Waals surface area contributed by atoms with Gasteiger partial charge in [0.05, 0.1) is 22.8 Å². The third-order valence-corrected chi connectivity index (χ3v) is 7.46. The van der Waals surface area contributed by atoms with Gasteiger partial charge in [-0.05, 0) is 101 Å². The van der Waals surface area contributed by atoms with Crippen molar-refractivity contribution in [3.05, 3.63) is 69.3 Å². The van der Waals surface area contributed by atoms with Crippen LogP contribution in [0.25, 0.3) is 44.4 Å². The molecule has 4 nitrogen and oxygen atoms in total. The van der Waals surface area contributed by atoms with E-state index in [-0.39, 0.29) is 17.1 Å². The number of nitrogens with one attached hydrogen (secondary N) is 1. The van der Waals surface area contributed by atoms with Gasteiger partial charge in [-0.3, -0.25) is 0 Å². The van der Waals surface area contributed by atoms with Crippen LogP contribution in [0.2, 0.25) is 0 Å². The molecule has 0 radical (unpaired) electrons. The molecule has 5 rings (SSSR count). The van der Waals surface area contributed by atoms with E-state index >= 15 is 0 Å². The Kier molecular flexibility index (Phi) is 5.76. The summed E-state index contributed by atoms with van der Waals surface area (Å²) in [4.78, 5) is 18.6. The van der Waals surface area contributed by atoms with E-state index in [0.29, 0.717) is 0 Å². The van der Waals surface area contributed by atoms with Gasteiger partial charge in [0.1, 0.15) is 0 Å². The maximum Gasteiger partial charge on any atom is 1.00 e. The zero-order valence-electron chi connectivity index (χ0n) is 20.5. The van der Waals surface area contributed by atoms with Gasteiger partial charge in [0.15, 0.2) is 0 Å². The maximum atomic E-state index is 4.98. The summed E-state index contributed by atoms with van der Waals surface area (Å²) < 4.78 is 0. The summed E-state index contributed by atoms with van der Waals surface area (Å²) in [5.41, 5.74) is 17.8. The fourth-order valence-corrected chi connectivity index (χ4v) is 4.45. The van der Waals surface area contributed by atoms with Gasteiger partial charge in [-0.25, -0.2) is 9.97 Å². The third-order valence-electron chi connectivity index (χ3n) is 7.46. The van der Waals surface area contributed by atoms with Gasteiger partial charge in [-0.1, -0.05) is 23.3 Å². The van der Waals surface area contributed by atoms with Crippen LogP contribution in [-0.2, 0) is 17.1 Å². The van der Waals surface area contributed by atoms with Crippen LogP contribution in [0.3, 0.4) is 0 Å². The topological polar surface area (TPSA) is 55.7 Å². The number of aromatic amines is 1. The van der Waals surface area contributed by atoms with Crippen molar-refractivity contribution in [3.63, 3.8) is 0 Å². The van der Waals surface area contributed by atoms with Gasteiger partial charge in [0.25, 0.3) is 0 Å². The number of allylic oxidation sites excluding steroid dienone is 4. The number of rotatable bonds is 0. The molecule has 5 heteroatoms. The number of H-pyrrole nitrogens is 1. The monoisotopic (exact) mass is 484 g/mol. The van der Waals surface area contributed by atoms with Crippen molar-refractivity contribution in [1.29, 1.82) is 0 Å². The first-order valence-corrected chi connectivity index (χ1v) is 11.2. The quantitative estimate of drug-likeness (QED) is 0.347. The van der Waals surface area contributed by atoms with E-state index in [1.54, 1.807) is 0 Å². The van der Waals surface area contributed by atoms with E-state index in [9.17, 15) is 0 Å². The van der Waals surface area contributed by atoms with Gasteiger partial charge in [0, 0.05) is 11.0 Å². The zero-order chi connectivity index (χ0) is 22.9. The number of aromatic nitrogens is 4. The summed E-state index contributed by atoms with van der Waals surface area (Å²) >= 11 is 0. The largest absolute Gasteiger partial charge is 1.00 e. The number of aryl methyl sites for hydroxylation is 4. The smallest absolute Gasteiger partial charge is 0.657 e. The predicted octanol–water partition coefficient (Wildman–Crippen LogP) is 7.08. The minimum atomic E-state index is 0. The van der Waals surface area contributed by atoms with Crippen LogP contribution < -0.4 is 4.98 Å². The van der Waals surface area contributed by atoms with Crippen molar-refractivity contribution in [2.24, 2.45) is 0 Å². The summed E-state index contributed by atoms with van der Waals surface area (Å²) in [5.74, 6) is 0. The average molecular weight is 485 g/mol. The fraction of sp³-hybridized carbons (Fsp3) is 0.286. The minimum absolute atomic E-state index is 0. The second kappa shape index (κ2) is 8.16. The Labute approximate surface area is 205 Å². The molecule has 1 N–H and O–H groups in total. The van der Waals surface area contributed by atoms with Crippen molar-refractivity contribution < 1.29 is 17.1 Å². The molecule has 0 saturated carbocycles. The Balaban J connectivity index is 0.00000259. The molecule has 172 valence electrons. The first kappa shape index (κ1) is 23.3. The van der Waals surface area contributed by atoms with Crippen LogP contribution in [0.5, 0.6) is 0 Å². The van der Waals surface area contributed by atoms with Crippen LogP contribution in [-0.4, -0.2) is 15.0 Å². The van der Waals surface area contributed by atoms with Crippen molar-refractivity contribution in [3.8, 4) is 0 Å². The van der Waals surface area contributed by atoms with E-state index < -0.39 is 0 Å². The summed E-state index contributed by atoms with van der Waals surface area (Å²) in [6.07, 6.45) is 0. The van der Waals surface area contributed by atoms with Crippen molar-refractivity contribution in [1.82, 2.24) is 19.9 Å². The Morgan fingerprint density at radius 3 is 1.21 bits per heavy atom. The molecule has 0 unspecified atom stereocenters. The third kappa shape index (κ3) is 3.60. The molecule has 0 spiro atoms. The first-order chi connectivity index (χ1) is 15.2. The molecule has 0 aliphatic carbocycles. The molecular weight excluding hydrogens is 456 g/mol. The van der Waals surface area contributed by atoms with Gasteiger partial charge in [-0.2, -0.15) is 0 Å². The number of hydrogen-bond donors (Lipinski definition) is 1. The second-order valence-electron chi connectivity index (χ2n) is 9.18. The number of hydrogen-bond acceptors (Lipinski definition) is 2. The number of fused-ring (bicyclic) bond motifs is 8. The molecule has 3 aromatic rings. The Hall–Kier alpha value is -2.88. The van der Waals surface area contributed by atoms with Gasteiger partial charge >= 0.3 is 17.1 Å². The second-order valence-corrected chi connectivity index (χ2v) is 9.18. The summed E-state index contributed by atoms with van der Waals surface area (Å²) in [5, 5.41) is 0. The zero-order valence-corrected chi connectivity index (χ0v) is 21.4. The molecule has 0 saturated heterocycles. The molecular formula is C28H29CuN4. The van der Waals surface area contributed by atoms with Gasteiger partial charge in [0.2, 0.25) is 0 Å². The van der Waals surface area contributed by atoms with E-state index in [4.69, 9.17) is 15.0 Å². The molecule has 2 aliphatic rings. The number of nitrogens with zero attached hydrogens (tertiary/aromatic N) is 3. The molecule has 2 aliphatic heterocycles. The van der Waals surface area contributed by atoms with Crippen LogP contribution in [0, 0.1) is 27.7 Å². The van der Waals surface area contributed by atoms with Crippen molar-refractivity contribution in [2.45, 2.75) is 55.4 Å². The predicted molar refractivity (Wildman–Crippen MR) is 135 cm³/mol. The van der Waals surface area contributed by atoms with E-state index in [1.165, 1.54) is 44.5 Å². The molecule has 8 bridgehead atoms. The Bertz CT molecular complexity index is 1320. The fourth-order valence-electron chi connectivity index (χ4n) is 4.45. The van der Waals surface area contributed by atoms with Crippen molar-refractivity contribution >= 4 is 44.4 Å². The standard InChI is InChI=1S/C28H29N4.Cu/c1-13-14(2)22-10-24-17(5)18(6)26(31-24)12-28-20(8)19(7)27(32-28)11-25-16(4)15(3)23(30-25)9-21(13)29-22;/h9-12,29H,1-8H3;/q-1;+1. The Morgan fingerprint density at radius 2 is 0.848 bits per heavy atom. The molecule has 0 atom stereocenters. The first-order valence-electron chi connectivity index (χ1n) is 11.2. The summed E-state index contributed by atoms with van der Waals surface area (Å²) in [7, 11) is 0. The molecule has 0 amide bonds. The molecule has 5 heterocycles. The molecule has 0 fully saturated rings. The van der Waals surface area contributed by atoms with Crippen LogP contribution >= 0.6 is 0 Å². The normalized spacial score (nSPS) is 13.6. The maximum absolute atomic E-state index is 4.98. The average Bonchev–Trinajstić information content (AvgIpc) is 3.37. The summed E-state index contributed by atoms with van der Waals surface area (Å²) in [6, 6.07) is 8.59. The molecule has 33 heavy (non-hydrogen) atoms. The van der Waals surface area contributed by atoms with E-state index in [2.05, 4.69) is 84.6 Å². The van der Waals surface area contributed by atoms with E-state index in [1.807, 2.05) is 0 Å². The molecule has 0 aromatic carbocycles. The van der Waals surface area contributed by atoms with Crippen molar-refractivity contribution in [2.75, 3.05) is 0 Å². The van der Waals surface area contributed by atoms with Crippen LogP contribution in [0.4, 0.5) is 0 Å². The summed E-state index contributed by atoms with van der Waals surface area (Å²) in [6.45, 7) is 17.2. The van der Waals surface area contributed by atoms with E-state index in [0.717, 1.165) is 44.8 Å². The minimum Gasteiger partial charge on any atom is -0.657 e. The Morgan fingerprint density at radius 1 is 0.515 bits per heavy atom.